The third kappa shape index (κ3) is 1.80. The molecule has 6 heteroatoms. The third-order valence-electron chi connectivity index (χ3n) is 2.49. The molecule has 0 aromatic carbocycles. The lowest BCUT2D eigenvalue weighted by Crippen LogP contribution is -1.92. The minimum absolute atomic E-state index is 0.420. The average molecular weight is 226 g/mol. The molecule has 0 unspecified atom stereocenters. The van der Waals surface area contributed by atoms with Gasteiger partial charge in [0.15, 0.2) is 11.5 Å². The molecule has 84 valence electrons. The van der Waals surface area contributed by atoms with Gasteiger partial charge in [-0.2, -0.15) is 0 Å². The van der Waals surface area contributed by atoms with Crippen LogP contribution in [0.1, 0.15) is 11.4 Å². The van der Waals surface area contributed by atoms with Crippen LogP contribution in [0.4, 0.5) is 5.82 Å². The van der Waals surface area contributed by atoms with Crippen molar-refractivity contribution in [1.29, 1.82) is 0 Å². The lowest BCUT2D eigenvalue weighted by Gasteiger charge is -1.95. The third-order valence-corrected chi connectivity index (χ3v) is 2.49. The molecule has 0 fully saturated rings. The van der Waals surface area contributed by atoms with E-state index in [-0.39, 0.29) is 0 Å². The van der Waals surface area contributed by atoms with Crippen molar-refractivity contribution >= 4 is 17.0 Å². The number of hydrogen-bond donors (Lipinski definition) is 2. The van der Waals surface area contributed by atoms with Gasteiger partial charge in [0, 0.05) is 18.8 Å². The molecule has 0 atom stereocenters. The highest BCUT2D eigenvalue weighted by atomic mass is 15.0. The van der Waals surface area contributed by atoms with Gasteiger partial charge in [-0.15, -0.1) is 0 Å². The van der Waals surface area contributed by atoms with E-state index in [9.17, 15) is 0 Å². The van der Waals surface area contributed by atoms with Crippen LogP contribution in [0.15, 0.2) is 30.9 Å². The Labute approximate surface area is 97.0 Å². The predicted molar refractivity (Wildman–Crippen MR) is 63.1 cm³/mol. The van der Waals surface area contributed by atoms with Crippen molar-refractivity contribution in [3.05, 3.63) is 42.2 Å². The first-order chi connectivity index (χ1) is 8.33. The summed E-state index contributed by atoms with van der Waals surface area (Å²) in [6, 6.07) is 3.89. The van der Waals surface area contributed by atoms with Gasteiger partial charge in [-0.05, 0) is 17.7 Å². The van der Waals surface area contributed by atoms with E-state index in [0.29, 0.717) is 23.4 Å². The maximum absolute atomic E-state index is 5.73. The maximum Gasteiger partial charge on any atom is 0.183 e. The molecule has 0 aliphatic heterocycles. The van der Waals surface area contributed by atoms with Gasteiger partial charge in [0.1, 0.15) is 17.7 Å². The summed E-state index contributed by atoms with van der Waals surface area (Å²) in [5.41, 5.74) is 8.15. The number of H-pyrrole nitrogens is 1. The van der Waals surface area contributed by atoms with Crippen LogP contribution in [0.5, 0.6) is 0 Å². The molecule has 3 aromatic heterocycles. The summed E-state index contributed by atoms with van der Waals surface area (Å²) in [7, 11) is 0. The summed E-state index contributed by atoms with van der Waals surface area (Å²) in [4.78, 5) is 19.4. The number of nitrogens with two attached hydrogens (primary N) is 1. The van der Waals surface area contributed by atoms with Gasteiger partial charge in [0.2, 0.25) is 0 Å². The van der Waals surface area contributed by atoms with Crippen LogP contribution in [0.2, 0.25) is 0 Å². The molecule has 0 radical (unpaired) electrons. The minimum atomic E-state index is 0.420. The quantitative estimate of drug-likeness (QED) is 0.677. The molecular weight excluding hydrogens is 216 g/mol. The molecular formula is C11H10N6. The number of hydrogen-bond acceptors (Lipinski definition) is 5. The molecule has 0 bridgehead atoms. The topological polar surface area (TPSA) is 93.4 Å². The van der Waals surface area contributed by atoms with Gasteiger partial charge in [0.25, 0.3) is 0 Å². The average Bonchev–Trinajstić information content (AvgIpc) is 2.74. The fraction of sp³-hybridized carbons (Fsp3) is 0.0909. The van der Waals surface area contributed by atoms with E-state index >= 15 is 0 Å². The minimum Gasteiger partial charge on any atom is -0.382 e. The number of rotatable bonds is 2. The second-order valence-corrected chi connectivity index (χ2v) is 3.67. The monoisotopic (exact) mass is 226 g/mol. The molecule has 17 heavy (non-hydrogen) atoms. The van der Waals surface area contributed by atoms with Crippen molar-refractivity contribution in [3.8, 4) is 0 Å². The number of pyridine rings is 1. The van der Waals surface area contributed by atoms with Crippen molar-refractivity contribution in [2.24, 2.45) is 0 Å². The Morgan fingerprint density at radius 1 is 1.18 bits per heavy atom. The van der Waals surface area contributed by atoms with Crippen molar-refractivity contribution in [2.75, 3.05) is 5.73 Å². The fourth-order valence-electron chi connectivity index (χ4n) is 1.67. The lowest BCUT2D eigenvalue weighted by molar-refractivity contribution is 1.03. The van der Waals surface area contributed by atoms with Crippen LogP contribution in [0, 0.1) is 0 Å². The molecule has 0 amide bonds. The van der Waals surface area contributed by atoms with Gasteiger partial charge in [0.05, 0.1) is 0 Å². The standard InChI is InChI=1S/C11H10N6/c12-10-9-11(15-6-14-10)17-8(16-9)5-7-1-3-13-4-2-7/h1-4,6H,5H2,(H3,12,14,15,16,17). The van der Waals surface area contributed by atoms with Gasteiger partial charge in [-0.25, -0.2) is 15.0 Å². The number of nitrogens with zero attached hydrogens (tertiary/aromatic N) is 4. The Balaban J connectivity index is 1.99. The van der Waals surface area contributed by atoms with E-state index < -0.39 is 0 Å². The first-order valence-electron chi connectivity index (χ1n) is 5.17. The predicted octanol–water partition coefficient (Wildman–Crippen LogP) is 0.921. The lowest BCUT2D eigenvalue weighted by atomic mass is 10.2. The Morgan fingerprint density at radius 2 is 2.00 bits per heavy atom. The largest absolute Gasteiger partial charge is 0.382 e. The first kappa shape index (κ1) is 9.71. The van der Waals surface area contributed by atoms with Crippen LogP contribution in [0.25, 0.3) is 11.2 Å². The SMILES string of the molecule is Nc1ncnc2nc(Cc3ccncc3)[nH]c12. The number of imidazole rings is 1. The zero-order valence-corrected chi connectivity index (χ0v) is 8.96. The summed E-state index contributed by atoms with van der Waals surface area (Å²) in [6.45, 7) is 0. The second kappa shape index (κ2) is 3.82. The van der Waals surface area contributed by atoms with Crippen molar-refractivity contribution in [1.82, 2.24) is 24.9 Å². The molecule has 0 aliphatic rings. The zero-order valence-electron chi connectivity index (χ0n) is 8.96. The van der Waals surface area contributed by atoms with E-state index in [4.69, 9.17) is 5.73 Å². The fourth-order valence-corrected chi connectivity index (χ4v) is 1.67. The van der Waals surface area contributed by atoms with E-state index in [2.05, 4.69) is 24.9 Å². The molecule has 0 aliphatic carbocycles. The number of aromatic amines is 1. The van der Waals surface area contributed by atoms with Crippen LogP contribution < -0.4 is 5.73 Å². The van der Waals surface area contributed by atoms with Gasteiger partial charge >= 0.3 is 0 Å². The van der Waals surface area contributed by atoms with Gasteiger partial charge in [-0.1, -0.05) is 0 Å². The van der Waals surface area contributed by atoms with Gasteiger partial charge < -0.3 is 10.7 Å². The van der Waals surface area contributed by atoms with Crippen LogP contribution >= 0.6 is 0 Å². The Morgan fingerprint density at radius 3 is 2.76 bits per heavy atom. The number of aromatic nitrogens is 5. The van der Waals surface area contributed by atoms with E-state index in [1.54, 1.807) is 12.4 Å². The molecule has 3 aromatic rings. The Bertz CT molecular complexity index is 645. The number of nitrogen functional groups attached to an aromatic ring is 1. The number of fused-ring (bicyclic) bond motifs is 1. The molecule has 6 nitrogen and oxygen atoms in total. The molecule has 0 spiro atoms. The maximum atomic E-state index is 5.73. The first-order valence-corrected chi connectivity index (χ1v) is 5.17. The summed E-state index contributed by atoms with van der Waals surface area (Å²) >= 11 is 0. The smallest absolute Gasteiger partial charge is 0.183 e. The molecule has 3 heterocycles. The van der Waals surface area contributed by atoms with Crippen LogP contribution in [-0.2, 0) is 6.42 Å². The summed E-state index contributed by atoms with van der Waals surface area (Å²) in [6.07, 6.45) is 5.62. The number of nitrogens with one attached hydrogen (secondary N) is 1. The highest BCUT2D eigenvalue weighted by Gasteiger charge is 2.07. The van der Waals surface area contributed by atoms with Crippen molar-refractivity contribution in [2.45, 2.75) is 6.42 Å². The number of anilines is 1. The zero-order chi connectivity index (χ0) is 11.7. The molecule has 3 N–H and O–H groups in total. The summed E-state index contributed by atoms with van der Waals surface area (Å²) in [5, 5.41) is 0. The second-order valence-electron chi connectivity index (χ2n) is 3.67. The van der Waals surface area contributed by atoms with E-state index in [0.717, 1.165) is 11.4 Å². The van der Waals surface area contributed by atoms with Gasteiger partial charge in [-0.3, -0.25) is 4.98 Å². The Kier molecular flexibility index (Phi) is 2.18. The normalized spacial score (nSPS) is 10.8. The van der Waals surface area contributed by atoms with Crippen molar-refractivity contribution in [3.63, 3.8) is 0 Å². The van der Waals surface area contributed by atoms with E-state index in [1.165, 1.54) is 6.33 Å². The Hall–Kier alpha value is -2.50. The van der Waals surface area contributed by atoms with Crippen LogP contribution in [0.3, 0.4) is 0 Å². The summed E-state index contributed by atoms with van der Waals surface area (Å²) < 4.78 is 0. The highest BCUT2D eigenvalue weighted by Crippen LogP contribution is 2.15. The van der Waals surface area contributed by atoms with Crippen molar-refractivity contribution < 1.29 is 0 Å². The molecule has 0 saturated heterocycles. The van der Waals surface area contributed by atoms with Crippen LogP contribution in [-0.4, -0.2) is 24.9 Å². The highest BCUT2D eigenvalue weighted by molar-refractivity contribution is 5.81. The molecule has 0 saturated carbocycles. The van der Waals surface area contributed by atoms with E-state index in [1.807, 2.05) is 12.1 Å². The summed E-state index contributed by atoms with van der Waals surface area (Å²) in [5.74, 6) is 1.24. The molecule has 3 rings (SSSR count).